The van der Waals surface area contributed by atoms with E-state index in [9.17, 15) is 0 Å². The number of aromatic nitrogens is 1. The molecule has 0 fully saturated rings. The van der Waals surface area contributed by atoms with E-state index in [0.717, 1.165) is 13.2 Å². The van der Waals surface area contributed by atoms with E-state index in [2.05, 4.69) is 17.2 Å². The molecule has 1 atom stereocenters. The molecule has 0 spiro atoms. The van der Waals surface area contributed by atoms with Gasteiger partial charge in [-0.3, -0.25) is 4.98 Å². The summed E-state index contributed by atoms with van der Waals surface area (Å²) in [7, 11) is 0. The molecule has 0 aliphatic carbocycles. The van der Waals surface area contributed by atoms with Crippen molar-refractivity contribution in [2.24, 2.45) is 0 Å². The maximum atomic E-state index is 5.43. The molecule has 1 N–H and O–H groups in total. The molecule has 1 unspecified atom stereocenters. The molecule has 3 nitrogen and oxygen atoms in total. The lowest BCUT2D eigenvalue weighted by Crippen LogP contribution is -2.23. The summed E-state index contributed by atoms with van der Waals surface area (Å²) >= 11 is 1.68. The maximum absolute atomic E-state index is 5.43. The van der Waals surface area contributed by atoms with Gasteiger partial charge in [-0.15, -0.1) is 11.3 Å². The highest BCUT2D eigenvalue weighted by molar-refractivity contribution is 7.09. The first kappa shape index (κ1) is 11.6. The van der Waals surface area contributed by atoms with Crippen LogP contribution in [0.3, 0.4) is 0 Å². The van der Waals surface area contributed by atoms with Crippen molar-refractivity contribution in [1.82, 2.24) is 10.3 Å². The van der Waals surface area contributed by atoms with Gasteiger partial charge in [-0.2, -0.15) is 0 Å². The molecule has 0 bridgehead atoms. The molecule has 0 radical (unpaired) electrons. The molecule has 80 valence electrons. The topological polar surface area (TPSA) is 34.1 Å². The lowest BCUT2D eigenvalue weighted by Gasteiger charge is -2.12. The van der Waals surface area contributed by atoms with E-state index < -0.39 is 0 Å². The van der Waals surface area contributed by atoms with Crippen LogP contribution in [-0.4, -0.2) is 24.2 Å². The Balaban J connectivity index is 2.13. The van der Waals surface area contributed by atoms with Crippen molar-refractivity contribution in [2.45, 2.75) is 32.9 Å². The zero-order chi connectivity index (χ0) is 10.4. The first-order valence-electron chi connectivity index (χ1n) is 4.93. The zero-order valence-corrected chi connectivity index (χ0v) is 9.80. The van der Waals surface area contributed by atoms with Gasteiger partial charge in [0.05, 0.1) is 18.2 Å². The minimum absolute atomic E-state index is 0.315. The van der Waals surface area contributed by atoms with Crippen molar-refractivity contribution in [3.8, 4) is 0 Å². The SMILES string of the molecule is CC(C)OCCNC(C)c1cncs1. The second kappa shape index (κ2) is 6.11. The fourth-order valence-electron chi connectivity index (χ4n) is 1.11. The second-order valence-corrected chi connectivity index (χ2v) is 4.42. The fraction of sp³-hybridized carbons (Fsp3) is 0.700. The number of nitrogens with one attached hydrogen (secondary N) is 1. The van der Waals surface area contributed by atoms with Crippen LogP contribution in [0.15, 0.2) is 11.7 Å². The van der Waals surface area contributed by atoms with E-state index in [-0.39, 0.29) is 0 Å². The normalized spacial score (nSPS) is 13.4. The lowest BCUT2D eigenvalue weighted by molar-refractivity contribution is 0.0797. The minimum Gasteiger partial charge on any atom is -0.377 e. The summed E-state index contributed by atoms with van der Waals surface area (Å²) < 4.78 is 5.43. The van der Waals surface area contributed by atoms with E-state index in [4.69, 9.17) is 4.74 Å². The summed E-state index contributed by atoms with van der Waals surface area (Å²) in [5.41, 5.74) is 1.86. The molecule has 0 saturated carbocycles. The van der Waals surface area contributed by atoms with Crippen LogP contribution in [0.4, 0.5) is 0 Å². The Bertz CT molecular complexity index is 236. The van der Waals surface area contributed by atoms with E-state index >= 15 is 0 Å². The van der Waals surface area contributed by atoms with Gasteiger partial charge < -0.3 is 10.1 Å². The van der Waals surface area contributed by atoms with Gasteiger partial charge in [0.15, 0.2) is 0 Å². The number of thiazole rings is 1. The summed E-state index contributed by atoms with van der Waals surface area (Å²) in [6, 6.07) is 0.373. The van der Waals surface area contributed by atoms with Crippen LogP contribution in [0.25, 0.3) is 0 Å². The largest absolute Gasteiger partial charge is 0.377 e. The quantitative estimate of drug-likeness (QED) is 0.737. The van der Waals surface area contributed by atoms with Gasteiger partial charge in [-0.05, 0) is 20.8 Å². The number of ether oxygens (including phenoxy) is 1. The monoisotopic (exact) mass is 214 g/mol. The first-order valence-corrected chi connectivity index (χ1v) is 5.81. The number of nitrogens with zero attached hydrogens (tertiary/aromatic N) is 1. The standard InChI is InChI=1S/C10H18N2OS/c1-8(2)13-5-4-12-9(3)10-6-11-7-14-10/h6-9,12H,4-5H2,1-3H3. The predicted molar refractivity (Wildman–Crippen MR) is 59.6 cm³/mol. The summed E-state index contributed by atoms with van der Waals surface area (Å²) in [6.07, 6.45) is 2.22. The fourth-order valence-corrected chi connectivity index (χ4v) is 1.76. The molecule has 0 aliphatic rings. The highest BCUT2D eigenvalue weighted by Gasteiger charge is 2.05. The maximum Gasteiger partial charge on any atom is 0.0794 e. The van der Waals surface area contributed by atoms with Gasteiger partial charge in [0.1, 0.15) is 0 Å². The van der Waals surface area contributed by atoms with Gasteiger partial charge in [-0.25, -0.2) is 0 Å². The molecule has 0 aliphatic heterocycles. The first-order chi connectivity index (χ1) is 6.70. The molecule has 14 heavy (non-hydrogen) atoms. The highest BCUT2D eigenvalue weighted by Crippen LogP contribution is 2.15. The Morgan fingerprint density at radius 1 is 1.50 bits per heavy atom. The van der Waals surface area contributed by atoms with Gasteiger partial charge in [0.2, 0.25) is 0 Å². The van der Waals surface area contributed by atoms with Crippen LogP contribution in [0.5, 0.6) is 0 Å². The summed E-state index contributed by atoms with van der Waals surface area (Å²) in [5, 5.41) is 3.39. The summed E-state index contributed by atoms with van der Waals surface area (Å²) in [4.78, 5) is 5.32. The molecule has 1 aromatic rings. The predicted octanol–water partition coefficient (Wildman–Crippen LogP) is 2.22. The Morgan fingerprint density at radius 3 is 2.86 bits per heavy atom. The van der Waals surface area contributed by atoms with Crippen molar-refractivity contribution in [3.63, 3.8) is 0 Å². The summed E-state index contributed by atoms with van der Waals surface area (Å²) in [5.74, 6) is 0. The van der Waals surface area contributed by atoms with Gasteiger partial charge in [0, 0.05) is 23.7 Å². The Hall–Kier alpha value is -0.450. The van der Waals surface area contributed by atoms with Gasteiger partial charge >= 0.3 is 0 Å². The van der Waals surface area contributed by atoms with Crippen LogP contribution < -0.4 is 5.32 Å². The molecule has 1 rings (SSSR count). The van der Waals surface area contributed by atoms with Crippen molar-refractivity contribution in [3.05, 3.63) is 16.6 Å². The van der Waals surface area contributed by atoms with Crippen LogP contribution >= 0.6 is 11.3 Å². The van der Waals surface area contributed by atoms with Crippen molar-refractivity contribution in [2.75, 3.05) is 13.2 Å². The molecule has 4 heteroatoms. The van der Waals surface area contributed by atoms with Crippen LogP contribution in [0.2, 0.25) is 0 Å². The third kappa shape index (κ3) is 4.17. The molecule has 0 saturated heterocycles. The average Bonchev–Trinajstić information content (AvgIpc) is 2.64. The van der Waals surface area contributed by atoms with Gasteiger partial charge in [-0.1, -0.05) is 0 Å². The third-order valence-electron chi connectivity index (χ3n) is 1.88. The number of hydrogen-bond donors (Lipinski definition) is 1. The second-order valence-electron chi connectivity index (χ2n) is 3.50. The van der Waals surface area contributed by atoms with E-state index in [1.54, 1.807) is 11.3 Å². The third-order valence-corrected chi connectivity index (χ3v) is 2.84. The van der Waals surface area contributed by atoms with Crippen molar-refractivity contribution < 1.29 is 4.74 Å². The molecule has 1 heterocycles. The van der Waals surface area contributed by atoms with Crippen LogP contribution in [0, 0.1) is 0 Å². The Kier molecular flexibility index (Phi) is 5.07. The molecular formula is C10H18N2OS. The van der Waals surface area contributed by atoms with E-state index in [1.165, 1.54) is 4.88 Å². The molecule has 0 aromatic carbocycles. The van der Waals surface area contributed by atoms with Crippen LogP contribution in [-0.2, 0) is 4.74 Å². The number of hydrogen-bond acceptors (Lipinski definition) is 4. The number of rotatable bonds is 6. The Morgan fingerprint density at radius 2 is 2.29 bits per heavy atom. The summed E-state index contributed by atoms with van der Waals surface area (Å²) in [6.45, 7) is 7.89. The Labute approximate surface area is 89.5 Å². The molecule has 1 aromatic heterocycles. The molecular weight excluding hydrogens is 196 g/mol. The minimum atomic E-state index is 0.315. The lowest BCUT2D eigenvalue weighted by atomic mass is 10.3. The van der Waals surface area contributed by atoms with Crippen LogP contribution in [0.1, 0.15) is 31.7 Å². The zero-order valence-electron chi connectivity index (χ0n) is 8.99. The van der Waals surface area contributed by atoms with Crippen molar-refractivity contribution >= 4 is 11.3 Å². The van der Waals surface area contributed by atoms with E-state index in [1.807, 2.05) is 25.6 Å². The van der Waals surface area contributed by atoms with Crippen molar-refractivity contribution in [1.29, 1.82) is 0 Å². The smallest absolute Gasteiger partial charge is 0.0794 e. The highest BCUT2D eigenvalue weighted by atomic mass is 32.1. The average molecular weight is 214 g/mol. The van der Waals surface area contributed by atoms with Gasteiger partial charge in [0.25, 0.3) is 0 Å². The molecule has 0 amide bonds. The van der Waals surface area contributed by atoms with E-state index in [0.29, 0.717) is 12.1 Å².